The minimum Gasteiger partial charge on any atom is -0.368 e. The van der Waals surface area contributed by atoms with Crippen molar-refractivity contribution in [3.8, 4) is 11.5 Å². The summed E-state index contributed by atoms with van der Waals surface area (Å²) in [6.45, 7) is 4.27. The molecule has 0 fully saturated rings. The van der Waals surface area contributed by atoms with Gasteiger partial charge in [-0.25, -0.2) is 19.3 Å². The van der Waals surface area contributed by atoms with Gasteiger partial charge in [0.05, 0.1) is 11.9 Å². The molecule has 2 rings (SSSR count). The Balaban J connectivity index is 2.41. The smallest absolute Gasteiger partial charge is 0.186 e. The topological polar surface area (TPSA) is 63.6 Å². The van der Waals surface area contributed by atoms with E-state index in [1.54, 1.807) is 25.5 Å². The standard InChI is InChI=1S/C12H14FN5/c1-3-4-16-12-10(13)8(2)17-11(18-12)9-7-14-5-6-15-9/h5-7H,3-4H2,1-2H3,(H,16,17,18). The second-order valence-electron chi connectivity index (χ2n) is 3.81. The fourth-order valence-corrected chi connectivity index (χ4v) is 1.45. The Morgan fingerprint density at radius 3 is 2.78 bits per heavy atom. The summed E-state index contributed by atoms with van der Waals surface area (Å²) in [5.74, 6) is 0.168. The van der Waals surface area contributed by atoms with Gasteiger partial charge < -0.3 is 5.32 Å². The maximum Gasteiger partial charge on any atom is 0.186 e. The SMILES string of the molecule is CCCNc1nc(-c2cnccn2)nc(C)c1F. The van der Waals surface area contributed by atoms with Gasteiger partial charge in [-0.1, -0.05) is 6.92 Å². The summed E-state index contributed by atoms with van der Waals surface area (Å²) in [6, 6.07) is 0. The van der Waals surface area contributed by atoms with Crippen LogP contribution >= 0.6 is 0 Å². The summed E-state index contributed by atoms with van der Waals surface area (Å²) >= 11 is 0. The first-order valence-corrected chi connectivity index (χ1v) is 5.76. The van der Waals surface area contributed by atoms with E-state index in [0.717, 1.165) is 6.42 Å². The third-order valence-electron chi connectivity index (χ3n) is 2.35. The zero-order chi connectivity index (χ0) is 13.0. The van der Waals surface area contributed by atoms with Crippen LogP contribution in [0.2, 0.25) is 0 Å². The van der Waals surface area contributed by atoms with Crippen LogP contribution in [0, 0.1) is 12.7 Å². The van der Waals surface area contributed by atoms with Crippen LogP contribution in [0.15, 0.2) is 18.6 Å². The van der Waals surface area contributed by atoms with Gasteiger partial charge in [0.15, 0.2) is 17.5 Å². The zero-order valence-corrected chi connectivity index (χ0v) is 10.3. The van der Waals surface area contributed by atoms with E-state index in [0.29, 0.717) is 23.8 Å². The maximum atomic E-state index is 13.8. The van der Waals surface area contributed by atoms with Gasteiger partial charge in [-0.2, -0.15) is 0 Å². The molecule has 0 aliphatic rings. The first kappa shape index (κ1) is 12.3. The van der Waals surface area contributed by atoms with Gasteiger partial charge in [0.1, 0.15) is 5.69 Å². The molecule has 5 nitrogen and oxygen atoms in total. The summed E-state index contributed by atoms with van der Waals surface area (Å²) in [5, 5.41) is 2.94. The molecule has 0 radical (unpaired) electrons. The molecule has 0 amide bonds. The van der Waals surface area contributed by atoms with Crippen LogP contribution in [0.5, 0.6) is 0 Å². The van der Waals surface area contributed by atoms with Crippen molar-refractivity contribution in [3.05, 3.63) is 30.1 Å². The monoisotopic (exact) mass is 247 g/mol. The van der Waals surface area contributed by atoms with Gasteiger partial charge in [0.25, 0.3) is 0 Å². The molecule has 2 heterocycles. The average Bonchev–Trinajstić information content (AvgIpc) is 2.41. The number of anilines is 1. The normalized spacial score (nSPS) is 10.4. The number of nitrogens with one attached hydrogen (secondary N) is 1. The lowest BCUT2D eigenvalue weighted by Crippen LogP contribution is -2.08. The van der Waals surface area contributed by atoms with E-state index in [2.05, 4.69) is 25.3 Å². The van der Waals surface area contributed by atoms with E-state index in [1.807, 2.05) is 6.92 Å². The molecule has 1 N–H and O–H groups in total. The summed E-state index contributed by atoms with van der Waals surface area (Å²) in [7, 11) is 0. The number of aromatic nitrogens is 4. The Morgan fingerprint density at radius 2 is 2.11 bits per heavy atom. The van der Waals surface area contributed by atoms with Crippen molar-refractivity contribution >= 4 is 5.82 Å². The Kier molecular flexibility index (Phi) is 3.76. The summed E-state index contributed by atoms with van der Waals surface area (Å²) < 4.78 is 13.8. The largest absolute Gasteiger partial charge is 0.368 e. The van der Waals surface area contributed by atoms with Crippen molar-refractivity contribution in [2.45, 2.75) is 20.3 Å². The first-order valence-electron chi connectivity index (χ1n) is 5.76. The molecular weight excluding hydrogens is 233 g/mol. The van der Waals surface area contributed by atoms with E-state index in [1.165, 1.54) is 0 Å². The third kappa shape index (κ3) is 2.58. The van der Waals surface area contributed by atoms with Gasteiger partial charge in [-0.3, -0.25) is 4.98 Å². The molecule has 0 spiro atoms. The van der Waals surface area contributed by atoms with Crippen molar-refractivity contribution in [2.24, 2.45) is 0 Å². The predicted octanol–water partition coefficient (Wildman–Crippen LogP) is 2.20. The number of halogens is 1. The summed E-state index contributed by atoms with van der Waals surface area (Å²) in [6.07, 6.45) is 5.56. The molecular formula is C12H14FN5. The average molecular weight is 247 g/mol. The quantitative estimate of drug-likeness (QED) is 0.897. The molecule has 0 saturated carbocycles. The van der Waals surface area contributed by atoms with Crippen molar-refractivity contribution < 1.29 is 4.39 Å². The molecule has 94 valence electrons. The van der Waals surface area contributed by atoms with Crippen LogP contribution in [0.4, 0.5) is 10.2 Å². The highest BCUT2D eigenvalue weighted by molar-refractivity contribution is 5.52. The van der Waals surface area contributed by atoms with E-state index >= 15 is 0 Å². The lowest BCUT2D eigenvalue weighted by atomic mass is 10.3. The minimum absolute atomic E-state index is 0.213. The minimum atomic E-state index is -0.420. The third-order valence-corrected chi connectivity index (χ3v) is 2.35. The van der Waals surface area contributed by atoms with Crippen LogP contribution in [-0.4, -0.2) is 26.5 Å². The molecule has 0 saturated heterocycles. The van der Waals surface area contributed by atoms with Crippen LogP contribution in [0.1, 0.15) is 19.0 Å². The van der Waals surface area contributed by atoms with E-state index in [9.17, 15) is 4.39 Å². The van der Waals surface area contributed by atoms with Crippen molar-refractivity contribution in [2.75, 3.05) is 11.9 Å². The lowest BCUT2D eigenvalue weighted by molar-refractivity contribution is 0.605. The molecule has 0 atom stereocenters. The number of hydrogen-bond acceptors (Lipinski definition) is 5. The second-order valence-corrected chi connectivity index (χ2v) is 3.81. The molecule has 0 aliphatic carbocycles. The molecule has 0 bridgehead atoms. The number of rotatable bonds is 4. The number of aryl methyl sites for hydroxylation is 1. The van der Waals surface area contributed by atoms with Crippen LogP contribution in [0.3, 0.4) is 0 Å². The number of hydrogen-bond donors (Lipinski definition) is 1. The van der Waals surface area contributed by atoms with Gasteiger partial charge in [-0.05, 0) is 13.3 Å². The first-order chi connectivity index (χ1) is 8.72. The molecule has 0 aromatic carbocycles. The molecule has 18 heavy (non-hydrogen) atoms. The lowest BCUT2D eigenvalue weighted by Gasteiger charge is -2.08. The Morgan fingerprint density at radius 1 is 1.28 bits per heavy atom. The fourth-order valence-electron chi connectivity index (χ4n) is 1.45. The van der Waals surface area contributed by atoms with Gasteiger partial charge in [0, 0.05) is 18.9 Å². The summed E-state index contributed by atoms with van der Waals surface area (Å²) in [4.78, 5) is 16.3. The van der Waals surface area contributed by atoms with E-state index in [4.69, 9.17) is 0 Å². The maximum absolute atomic E-state index is 13.8. The van der Waals surface area contributed by atoms with Gasteiger partial charge in [-0.15, -0.1) is 0 Å². The molecule has 2 aromatic rings. The van der Waals surface area contributed by atoms with Crippen molar-refractivity contribution in [1.29, 1.82) is 0 Å². The molecule has 6 heteroatoms. The van der Waals surface area contributed by atoms with Crippen LogP contribution in [0.25, 0.3) is 11.5 Å². The summed E-state index contributed by atoms with van der Waals surface area (Å²) in [5.41, 5.74) is 0.824. The Bertz CT molecular complexity index is 529. The molecule has 2 aromatic heterocycles. The molecule has 0 unspecified atom stereocenters. The Labute approximate surface area is 105 Å². The molecule has 0 aliphatic heterocycles. The second kappa shape index (κ2) is 5.48. The highest BCUT2D eigenvalue weighted by atomic mass is 19.1. The van der Waals surface area contributed by atoms with Gasteiger partial charge in [0.2, 0.25) is 0 Å². The zero-order valence-electron chi connectivity index (χ0n) is 10.3. The van der Waals surface area contributed by atoms with E-state index < -0.39 is 5.82 Å². The predicted molar refractivity (Wildman–Crippen MR) is 66.5 cm³/mol. The highest BCUT2D eigenvalue weighted by Crippen LogP contribution is 2.18. The number of nitrogens with zero attached hydrogens (tertiary/aromatic N) is 4. The van der Waals surface area contributed by atoms with Gasteiger partial charge >= 0.3 is 0 Å². The highest BCUT2D eigenvalue weighted by Gasteiger charge is 2.12. The fraction of sp³-hybridized carbons (Fsp3) is 0.333. The van der Waals surface area contributed by atoms with Crippen molar-refractivity contribution in [3.63, 3.8) is 0 Å². The van der Waals surface area contributed by atoms with E-state index in [-0.39, 0.29) is 5.82 Å². The van der Waals surface area contributed by atoms with Crippen LogP contribution < -0.4 is 5.32 Å². The van der Waals surface area contributed by atoms with Crippen molar-refractivity contribution in [1.82, 2.24) is 19.9 Å². The Hall–Kier alpha value is -2.11. The van der Waals surface area contributed by atoms with Crippen LogP contribution in [-0.2, 0) is 0 Å².